The number of hydrogen-bond donors (Lipinski definition) is 3. The van der Waals surface area contributed by atoms with Gasteiger partial charge in [0, 0.05) is 41.7 Å². The summed E-state index contributed by atoms with van der Waals surface area (Å²) in [6.45, 7) is 3.96. The van der Waals surface area contributed by atoms with Gasteiger partial charge in [-0.3, -0.25) is 4.98 Å². The van der Waals surface area contributed by atoms with Crippen molar-refractivity contribution in [2.75, 3.05) is 19.4 Å². The number of anilines is 1. The van der Waals surface area contributed by atoms with Crippen molar-refractivity contribution >= 4 is 27.5 Å². The predicted molar refractivity (Wildman–Crippen MR) is 84.7 cm³/mol. The number of fused-ring (bicyclic) bond motifs is 5. The van der Waals surface area contributed by atoms with Crippen LogP contribution in [0, 0.1) is 6.92 Å². The molecule has 0 spiro atoms. The molecule has 0 fully saturated rings. The second-order valence-corrected chi connectivity index (χ2v) is 5.53. The molecule has 4 rings (SSSR count). The number of H-pyrrole nitrogens is 1. The Hall–Kier alpha value is -2.27. The molecule has 0 amide bonds. The van der Waals surface area contributed by atoms with E-state index in [0.29, 0.717) is 11.4 Å². The van der Waals surface area contributed by atoms with Gasteiger partial charge in [0.05, 0.1) is 18.1 Å². The third-order valence-corrected chi connectivity index (χ3v) is 4.35. The van der Waals surface area contributed by atoms with E-state index < -0.39 is 0 Å². The van der Waals surface area contributed by atoms with Crippen molar-refractivity contribution in [1.29, 1.82) is 0 Å². The minimum atomic E-state index is 0.602. The fourth-order valence-corrected chi connectivity index (χ4v) is 3.34. The lowest BCUT2D eigenvalue weighted by Crippen LogP contribution is -2.23. The highest BCUT2D eigenvalue weighted by atomic mass is 16.5. The number of methoxy groups -OCH3 is 1. The van der Waals surface area contributed by atoms with Crippen LogP contribution in [-0.2, 0) is 13.0 Å². The van der Waals surface area contributed by atoms with Crippen LogP contribution in [-0.4, -0.2) is 23.6 Å². The zero-order valence-corrected chi connectivity index (χ0v) is 12.2. The molecule has 5 nitrogen and oxygen atoms in total. The van der Waals surface area contributed by atoms with E-state index in [9.17, 15) is 0 Å². The molecule has 0 radical (unpaired) electrons. The number of aromatic amines is 1. The molecule has 0 atom stereocenters. The molecule has 2 aromatic heterocycles. The molecule has 1 aliphatic heterocycles. The molecule has 0 saturated carbocycles. The monoisotopic (exact) mass is 282 g/mol. The van der Waals surface area contributed by atoms with Crippen molar-refractivity contribution < 1.29 is 4.74 Å². The van der Waals surface area contributed by atoms with E-state index in [0.717, 1.165) is 41.6 Å². The van der Waals surface area contributed by atoms with Gasteiger partial charge in [0.2, 0.25) is 0 Å². The molecule has 3 heterocycles. The Morgan fingerprint density at radius 2 is 2.19 bits per heavy atom. The third-order valence-electron chi connectivity index (χ3n) is 4.35. The molecule has 0 aliphatic carbocycles. The summed E-state index contributed by atoms with van der Waals surface area (Å²) in [6.07, 6.45) is 1.02. The molecule has 5 heteroatoms. The van der Waals surface area contributed by atoms with Crippen LogP contribution in [0.15, 0.2) is 12.1 Å². The van der Waals surface area contributed by atoms with Crippen molar-refractivity contribution in [2.45, 2.75) is 19.9 Å². The van der Waals surface area contributed by atoms with Gasteiger partial charge in [-0.2, -0.15) is 0 Å². The van der Waals surface area contributed by atoms with Gasteiger partial charge in [-0.15, -0.1) is 0 Å². The van der Waals surface area contributed by atoms with Gasteiger partial charge < -0.3 is 20.8 Å². The molecule has 0 bridgehead atoms. The Morgan fingerprint density at radius 1 is 1.33 bits per heavy atom. The molecule has 0 saturated heterocycles. The van der Waals surface area contributed by atoms with Gasteiger partial charge >= 0.3 is 0 Å². The van der Waals surface area contributed by atoms with Gasteiger partial charge in [0.25, 0.3) is 0 Å². The van der Waals surface area contributed by atoms with Gasteiger partial charge in [-0.1, -0.05) is 0 Å². The quantitative estimate of drug-likeness (QED) is 0.598. The minimum absolute atomic E-state index is 0.602. The Bertz CT molecular complexity index is 866. The van der Waals surface area contributed by atoms with Crippen LogP contribution in [0.25, 0.3) is 21.8 Å². The van der Waals surface area contributed by atoms with Crippen LogP contribution in [0.5, 0.6) is 5.75 Å². The number of ether oxygens (including phenoxy) is 1. The Kier molecular flexibility index (Phi) is 2.59. The summed E-state index contributed by atoms with van der Waals surface area (Å²) in [5.74, 6) is 0.673. The van der Waals surface area contributed by atoms with Crippen LogP contribution < -0.4 is 15.8 Å². The normalized spacial score (nSPS) is 14.6. The molecular formula is C16H18N4O. The number of pyridine rings is 1. The fourth-order valence-electron chi connectivity index (χ4n) is 3.34. The van der Waals surface area contributed by atoms with Gasteiger partial charge in [-0.05, 0) is 24.6 Å². The van der Waals surface area contributed by atoms with E-state index in [1.54, 1.807) is 7.11 Å². The zero-order chi connectivity index (χ0) is 14.6. The first kappa shape index (κ1) is 12.5. The Balaban J connectivity index is 2.15. The lowest BCUT2D eigenvalue weighted by Gasteiger charge is -2.13. The highest BCUT2D eigenvalue weighted by molar-refractivity contribution is 6.10. The first-order valence-electron chi connectivity index (χ1n) is 7.17. The molecule has 108 valence electrons. The van der Waals surface area contributed by atoms with E-state index in [-0.39, 0.29) is 0 Å². The Labute approximate surface area is 122 Å². The average molecular weight is 282 g/mol. The fraction of sp³-hybridized carbons (Fsp3) is 0.312. The number of nitrogens with one attached hydrogen (secondary N) is 2. The third kappa shape index (κ3) is 1.64. The van der Waals surface area contributed by atoms with Crippen molar-refractivity contribution in [3.63, 3.8) is 0 Å². The summed E-state index contributed by atoms with van der Waals surface area (Å²) < 4.78 is 5.30. The van der Waals surface area contributed by atoms with Crippen molar-refractivity contribution in [2.24, 2.45) is 0 Å². The number of benzene rings is 1. The number of nitrogen functional groups attached to an aromatic ring is 1. The molecule has 21 heavy (non-hydrogen) atoms. The topological polar surface area (TPSA) is 76.0 Å². The lowest BCUT2D eigenvalue weighted by atomic mass is 10.0. The number of rotatable bonds is 1. The molecule has 1 aliphatic rings. The van der Waals surface area contributed by atoms with E-state index in [2.05, 4.69) is 10.3 Å². The van der Waals surface area contributed by atoms with Gasteiger partial charge in [-0.25, -0.2) is 0 Å². The van der Waals surface area contributed by atoms with Crippen molar-refractivity contribution in [1.82, 2.24) is 15.3 Å². The molecular weight excluding hydrogens is 264 g/mol. The van der Waals surface area contributed by atoms with Crippen molar-refractivity contribution in [3.05, 3.63) is 29.1 Å². The largest absolute Gasteiger partial charge is 0.495 e. The minimum Gasteiger partial charge on any atom is -0.495 e. The summed E-state index contributed by atoms with van der Waals surface area (Å²) in [5.41, 5.74) is 12.4. The van der Waals surface area contributed by atoms with E-state index in [1.165, 1.54) is 16.6 Å². The second kappa shape index (κ2) is 4.36. The number of nitrogens with two attached hydrogens (primary N) is 1. The summed E-state index contributed by atoms with van der Waals surface area (Å²) in [6, 6.07) is 3.95. The second-order valence-electron chi connectivity index (χ2n) is 5.53. The highest BCUT2D eigenvalue weighted by Gasteiger charge is 2.20. The summed E-state index contributed by atoms with van der Waals surface area (Å²) in [4.78, 5) is 8.33. The standard InChI is InChI=1S/C16H18N4O/c1-8-13-10-7-18-6-5-11(10)20-15(13)9-3-4-12(21-2)14(17)16(9)19-8/h3-4,18,20H,5-7,17H2,1-2H3. The lowest BCUT2D eigenvalue weighted by molar-refractivity contribution is 0.417. The van der Waals surface area contributed by atoms with Crippen LogP contribution in [0.3, 0.4) is 0 Å². The predicted octanol–water partition coefficient (Wildman–Crippen LogP) is 2.26. The Morgan fingerprint density at radius 3 is 3.00 bits per heavy atom. The van der Waals surface area contributed by atoms with Gasteiger partial charge in [0.15, 0.2) is 0 Å². The van der Waals surface area contributed by atoms with Crippen LogP contribution in [0.2, 0.25) is 0 Å². The number of aryl methyl sites for hydroxylation is 1. The SMILES string of the molecule is COc1ccc2c(nc(C)c3c4c([nH]c32)CCNC4)c1N. The van der Waals surface area contributed by atoms with Crippen LogP contribution in [0.1, 0.15) is 17.0 Å². The molecule has 3 aromatic rings. The van der Waals surface area contributed by atoms with Crippen LogP contribution in [0.4, 0.5) is 5.69 Å². The first-order chi connectivity index (χ1) is 10.2. The maximum atomic E-state index is 6.20. The summed E-state index contributed by atoms with van der Waals surface area (Å²) in [7, 11) is 1.63. The summed E-state index contributed by atoms with van der Waals surface area (Å²) in [5, 5.41) is 5.72. The first-order valence-corrected chi connectivity index (χ1v) is 7.17. The zero-order valence-electron chi connectivity index (χ0n) is 12.2. The van der Waals surface area contributed by atoms with E-state index in [1.807, 2.05) is 19.1 Å². The average Bonchev–Trinajstić information content (AvgIpc) is 2.89. The van der Waals surface area contributed by atoms with Crippen molar-refractivity contribution in [3.8, 4) is 5.75 Å². The number of aromatic nitrogens is 2. The highest BCUT2D eigenvalue weighted by Crippen LogP contribution is 2.36. The summed E-state index contributed by atoms with van der Waals surface area (Å²) >= 11 is 0. The van der Waals surface area contributed by atoms with E-state index in [4.69, 9.17) is 15.5 Å². The molecule has 1 aromatic carbocycles. The number of hydrogen-bond acceptors (Lipinski definition) is 4. The maximum Gasteiger partial charge on any atom is 0.144 e. The van der Waals surface area contributed by atoms with E-state index >= 15 is 0 Å². The van der Waals surface area contributed by atoms with Gasteiger partial charge in [0.1, 0.15) is 11.4 Å². The number of nitrogens with zero attached hydrogens (tertiary/aromatic N) is 1. The maximum absolute atomic E-state index is 6.20. The molecule has 4 N–H and O–H groups in total. The van der Waals surface area contributed by atoms with Crippen LogP contribution >= 0.6 is 0 Å². The molecule has 0 unspecified atom stereocenters. The smallest absolute Gasteiger partial charge is 0.144 e.